The molecule has 1 aromatic carbocycles. The summed E-state index contributed by atoms with van der Waals surface area (Å²) in [5.74, 6) is 0.575. The lowest BCUT2D eigenvalue weighted by Crippen LogP contribution is -2.17. The summed E-state index contributed by atoms with van der Waals surface area (Å²) in [5, 5.41) is 4.84. The molecule has 0 aliphatic carbocycles. The molecule has 2 rings (SSSR count). The number of hydrazone groups is 1. The first-order valence-corrected chi connectivity index (χ1v) is 7.81. The van der Waals surface area contributed by atoms with E-state index in [2.05, 4.69) is 15.5 Å². The van der Waals surface area contributed by atoms with Gasteiger partial charge >= 0.3 is 0 Å². The maximum Gasteiger partial charge on any atom is 0.283 e. The Morgan fingerprint density at radius 1 is 1.32 bits per heavy atom. The van der Waals surface area contributed by atoms with Crippen LogP contribution in [0.25, 0.3) is 0 Å². The van der Waals surface area contributed by atoms with Crippen LogP contribution in [0, 0.1) is 13.8 Å². The van der Waals surface area contributed by atoms with Crippen molar-refractivity contribution in [1.82, 2.24) is 10.4 Å². The van der Waals surface area contributed by atoms with Gasteiger partial charge in [-0.15, -0.1) is 11.3 Å². The van der Waals surface area contributed by atoms with E-state index in [9.17, 15) is 4.79 Å². The molecule has 0 radical (unpaired) electrons. The van der Waals surface area contributed by atoms with E-state index in [1.807, 2.05) is 52.0 Å². The number of carbonyl (C=O) groups is 1. The van der Waals surface area contributed by atoms with Crippen molar-refractivity contribution in [2.24, 2.45) is 5.10 Å². The topological polar surface area (TPSA) is 63.6 Å². The first-order chi connectivity index (χ1) is 10.5. The van der Waals surface area contributed by atoms with E-state index in [1.165, 1.54) is 11.3 Å². The minimum absolute atomic E-state index is 0.143. The monoisotopic (exact) mass is 317 g/mol. The third kappa shape index (κ3) is 4.39. The quantitative estimate of drug-likeness (QED) is 0.680. The summed E-state index contributed by atoms with van der Waals surface area (Å²) >= 11 is 1.36. The summed E-state index contributed by atoms with van der Waals surface area (Å²) in [6, 6.07) is 7.52. The zero-order valence-electron chi connectivity index (χ0n) is 13.1. The van der Waals surface area contributed by atoms with Crippen molar-refractivity contribution in [2.45, 2.75) is 33.8 Å². The summed E-state index contributed by atoms with van der Waals surface area (Å²) in [6.07, 6.45) is 1.74. The number of ether oxygens (including phenoxy) is 1. The fourth-order valence-corrected chi connectivity index (χ4v) is 2.67. The molecule has 0 atom stereocenters. The van der Waals surface area contributed by atoms with E-state index >= 15 is 0 Å². The fraction of sp³-hybridized carbons (Fsp3) is 0.312. The van der Waals surface area contributed by atoms with Gasteiger partial charge in [0.25, 0.3) is 5.91 Å². The van der Waals surface area contributed by atoms with Crippen LogP contribution in [0.2, 0.25) is 0 Å². The highest BCUT2D eigenvalue weighted by atomic mass is 32.1. The van der Waals surface area contributed by atoms with Crippen LogP contribution < -0.4 is 10.2 Å². The van der Waals surface area contributed by atoms with Crippen LogP contribution in [0.5, 0.6) is 5.75 Å². The van der Waals surface area contributed by atoms with Crippen molar-refractivity contribution in [3.63, 3.8) is 0 Å². The summed E-state index contributed by atoms with van der Waals surface area (Å²) in [5.41, 5.74) is 4.13. The molecule has 0 aliphatic rings. The van der Waals surface area contributed by atoms with Crippen molar-refractivity contribution in [3.05, 3.63) is 45.4 Å². The SMILES string of the molecule is Cc1nc(C)c(C(=O)N/N=C/c2ccc(OC(C)C)cc2)s1. The number of aryl methyl sites for hydroxylation is 2. The molecule has 1 amide bonds. The first-order valence-electron chi connectivity index (χ1n) is 7.00. The number of nitrogens with one attached hydrogen (secondary N) is 1. The molecule has 1 heterocycles. The van der Waals surface area contributed by atoms with Crippen LogP contribution >= 0.6 is 11.3 Å². The number of rotatable bonds is 5. The molecule has 0 saturated carbocycles. The van der Waals surface area contributed by atoms with Crippen molar-refractivity contribution >= 4 is 23.5 Å². The van der Waals surface area contributed by atoms with E-state index in [0.29, 0.717) is 4.88 Å². The van der Waals surface area contributed by atoms with E-state index in [1.54, 1.807) is 6.21 Å². The van der Waals surface area contributed by atoms with Crippen LogP contribution in [0.4, 0.5) is 0 Å². The lowest BCUT2D eigenvalue weighted by Gasteiger charge is -2.09. The molecule has 0 aliphatic heterocycles. The predicted molar refractivity (Wildman–Crippen MR) is 88.9 cm³/mol. The molecule has 0 fully saturated rings. The van der Waals surface area contributed by atoms with Crippen molar-refractivity contribution in [1.29, 1.82) is 0 Å². The number of carbonyl (C=O) groups excluding carboxylic acids is 1. The van der Waals surface area contributed by atoms with Gasteiger partial charge in [0, 0.05) is 0 Å². The van der Waals surface area contributed by atoms with Gasteiger partial charge in [-0.25, -0.2) is 10.4 Å². The second kappa shape index (κ2) is 7.17. The maximum atomic E-state index is 12.0. The Morgan fingerprint density at radius 2 is 2.00 bits per heavy atom. The minimum atomic E-state index is -0.237. The van der Waals surface area contributed by atoms with Gasteiger partial charge in [0.15, 0.2) is 0 Å². The highest BCUT2D eigenvalue weighted by Gasteiger charge is 2.12. The number of hydrogen-bond acceptors (Lipinski definition) is 5. The van der Waals surface area contributed by atoms with Crippen molar-refractivity contribution < 1.29 is 9.53 Å². The number of thiazole rings is 1. The standard InChI is InChI=1S/C16H19N3O2S/c1-10(2)21-14-7-5-13(6-8-14)9-17-19-16(20)15-11(3)18-12(4)22-15/h5-10H,1-4H3,(H,19,20)/b17-9+. The third-order valence-electron chi connectivity index (χ3n) is 2.74. The predicted octanol–water partition coefficient (Wildman–Crippen LogP) is 3.31. The molecule has 0 spiro atoms. The highest BCUT2D eigenvalue weighted by molar-refractivity contribution is 7.13. The van der Waals surface area contributed by atoms with E-state index in [0.717, 1.165) is 22.0 Å². The molecule has 6 heteroatoms. The molecule has 2 aromatic rings. The molecular weight excluding hydrogens is 298 g/mol. The third-order valence-corrected chi connectivity index (χ3v) is 3.81. The van der Waals surface area contributed by atoms with E-state index < -0.39 is 0 Å². The zero-order valence-corrected chi connectivity index (χ0v) is 13.9. The Labute approximate surface area is 134 Å². The first kappa shape index (κ1) is 16.2. The van der Waals surface area contributed by atoms with Crippen LogP contribution in [0.3, 0.4) is 0 Å². The highest BCUT2D eigenvalue weighted by Crippen LogP contribution is 2.16. The summed E-state index contributed by atoms with van der Waals surface area (Å²) in [4.78, 5) is 16.8. The van der Waals surface area contributed by atoms with Gasteiger partial charge in [0.1, 0.15) is 10.6 Å². The van der Waals surface area contributed by atoms with Gasteiger partial charge in [0.05, 0.1) is 23.0 Å². The lowest BCUT2D eigenvalue weighted by molar-refractivity contribution is 0.0958. The molecule has 116 valence electrons. The Hall–Kier alpha value is -2.21. The number of amides is 1. The van der Waals surface area contributed by atoms with Crippen LogP contribution in [0.1, 0.15) is 39.8 Å². The molecule has 1 N–H and O–H groups in total. The van der Waals surface area contributed by atoms with Crippen LogP contribution in [-0.4, -0.2) is 23.2 Å². The average molecular weight is 317 g/mol. The average Bonchev–Trinajstić information content (AvgIpc) is 2.79. The summed E-state index contributed by atoms with van der Waals surface area (Å²) in [7, 11) is 0. The minimum Gasteiger partial charge on any atom is -0.491 e. The van der Waals surface area contributed by atoms with E-state index in [-0.39, 0.29) is 12.0 Å². The number of hydrogen-bond donors (Lipinski definition) is 1. The Bertz CT molecular complexity index is 675. The number of aromatic nitrogens is 1. The Balaban J connectivity index is 1.94. The molecule has 22 heavy (non-hydrogen) atoms. The Kier molecular flexibility index (Phi) is 5.27. The number of nitrogens with zero attached hydrogens (tertiary/aromatic N) is 2. The second-order valence-electron chi connectivity index (χ2n) is 5.08. The zero-order chi connectivity index (χ0) is 16.1. The lowest BCUT2D eigenvalue weighted by atomic mass is 10.2. The molecule has 1 aromatic heterocycles. The number of benzene rings is 1. The molecule has 0 saturated heterocycles. The summed E-state index contributed by atoms with van der Waals surface area (Å²) in [6.45, 7) is 7.65. The van der Waals surface area contributed by atoms with E-state index in [4.69, 9.17) is 4.74 Å². The Morgan fingerprint density at radius 3 is 2.55 bits per heavy atom. The van der Waals surface area contributed by atoms with Gasteiger partial charge in [-0.2, -0.15) is 5.10 Å². The van der Waals surface area contributed by atoms with Gasteiger partial charge in [0.2, 0.25) is 0 Å². The maximum absolute atomic E-state index is 12.0. The smallest absolute Gasteiger partial charge is 0.283 e. The van der Waals surface area contributed by atoms with Crippen molar-refractivity contribution in [3.8, 4) is 5.75 Å². The fourth-order valence-electron chi connectivity index (χ4n) is 1.86. The normalized spacial score (nSPS) is 11.1. The molecule has 0 unspecified atom stereocenters. The van der Waals surface area contributed by atoms with Crippen LogP contribution in [0.15, 0.2) is 29.4 Å². The van der Waals surface area contributed by atoms with Gasteiger partial charge in [-0.05, 0) is 57.5 Å². The molecular formula is C16H19N3O2S. The molecule has 5 nitrogen and oxygen atoms in total. The second-order valence-corrected chi connectivity index (χ2v) is 6.29. The van der Waals surface area contributed by atoms with Crippen LogP contribution in [-0.2, 0) is 0 Å². The van der Waals surface area contributed by atoms with Gasteiger partial charge in [-0.3, -0.25) is 4.79 Å². The largest absolute Gasteiger partial charge is 0.491 e. The van der Waals surface area contributed by atoms with Gasteiger partial charge < -0.3 is 4.74 Å². The summed E-state index contributed by atoms with van der Waals surface area (Å²) < 4.78 is 5.57. The van der Waals surface area contributed by atoms with Crippen molar-refractivity contribution in [2.75, 3.05) is 0 Å². The van der Waals surface area contributed by atoms with Gasteiger partial charge in [-0.1, -0.05) is 0 Å². The molecule has 0 bridgehead atoms.